The summed E-state index contributed by atoms with van der Waals surface area (Å²) in [6, 6.07) is 0. The van der Waals surface area contributed by atoms with Gasteiger partial charge in [-0.25, -0.2) is 22.0 Å². The smallest absolute Gasteiger partial charge is 0.268 e. The SMILES string of the molecule is OC1(F)CC(F)=C(F)C(F)=C1F. The van der Waals surface area contributed by atoms with E-state index in [-0.39, 0.29) is 0 Å². The highest BCUT2D eigenvalue weighted by Gasteiger charge is 2.43. The summed E-state index contributed by atoms with van der Waals surface area (Å²) in [4.78, 5) is 0. The summed E-state index contributed by atoms with van der Waals surface area (Å²) >= 11 is 0. The minimum atomic E-state index is -3.77. The van der Waals surface area contributed by atoms with E-state index < -0.39 is 35.6 Å². The number of rotatable bonds is 0. The normalized spacial score (nSPS) is 31.5. The molecule has 6 heteroatoms. The molecule has 0 aliphatic heterocycles. The first-order valence-corrected chi connectivity index (χ1v) is 2.88. The van der Waals surface area contributed by atoms with Crippen LogP contribution in [0.2, 0.25) is 0 Å². The number of alkyl halides is 1. The zero-order valence-corrected chi connectivity index (χ0v) is 5.54. The fourth-order valence-electron chi connectivity index (χ4n) is 0.744. The molecule has 0 spiro atoms. The second-order valence-corrected chi connectivity index (χ2v) is 2.28. The topological polar surface area (TPSA) is 20.2 Å². The van der Waals surface area contributed by atoms with Crippen LogP contribution in [0.5, 0.6) is 0 Å². The Kier molecular flexibility index (Phi) is 1.95. The third-order valence-electron chi connectivity index (χ3n) is 1.35. The van der Waals surface area contributed by atoms with Crippen LogP contribution >= 0.6 is 0 Å². The van der Waals surface area contributed by atoms with E-state index in [2.05, 4.69) is 0 Å². The zero-order chi connectivity index (χ0) is 9.52. The van der Waals surface area contributed by atoms with Gasteiger partial charge in [0.05, 0.1) is 6.42 Å². The highest BCUT2D eigenvalue weighted by molar-refractivity contribution is 5.33. The van der Waals surface area contributed by atoms with Gasteiger partial charge in [-0.1, -0.05) is 0 Å². The molecule has 0 radical (unpaired) electrons. The van der Waals surface area contributed by atoms with Crippen LogP contribution in [0.15, 0.2) is 23.3 Å². The number of hydrogen-bond acceptors (Lipinski definition) is 1. The van der Waals surface area contributed by atoms with Crippen molar-refractivity contribution in [2.75, 3.05) is 0 Å². The molecule has 1 N–H and O–H groups in total. The Morgan fingerprint density at radius 3 is 2.08 bits per heavy atom. The van der Waals surface area contributed by atoms with Gasteiger partial charge >= 0.3 is 0 Å². The Hall–Kier alpha value is -0.910. The Morgan fingerprint density at radius 1 is 1.08 bits per heavy atom. The molecular weight excluding hydrogens is 183 g/mol. The maximum atomic E-state index is 12.4. The first-order valence-electron chi connectivity index (χ1n) is 2.88. The summed E-state index contributed by atoms with van der Waals surface area (Å²) in [6.45, 7) is 0. The highest BCUT2D eigenvalue weighted by atomic mass is 19.2. The summed E-state index contributed by atoms with van der Waals surface area (Å²) in [5.74, 6) is -12.4. The molecule has 0 amide bonds. The van der Waals surface area contributed by atoms with E-state index in [0.717, 1.165) is 0 Å². The number of halogens is 5. The molecule has 68 valence electrons. The Labute approximate surface area is 63.8 Å². The predicted octanol–water partition coefficient (Wildman–Crippen LogP) is 2.35. The summed E-state index contributed by atoms with van der Waals surface area (Å²) < 4.78 is 61.0. The van der Waals surface area contributed by atoms with Crippen LogP contribution in [-0.4, -0.2) is 11.0 Å². The zero-order valence-electron chi connectivity index (χ0n) is 5.54. The molecule has 1 nitrogen and oxygen atoms in total. The molecule has 0 fully saturated rings. The Morgan fingerprint density at radius 2 is 1.58 bits per heavy atom. The molecule has 0 aromatic carbocycles. The molecule has 1 aliphatic carbocycles. The van der Waals surface area contributed by atoms with Crippen molar-refractivity contribution in [1.82, 2.24) is 0 Å². The lowest BCUT2D eigenvalue weighted by molar-refractivity contribution is -0.0782. The minimum Gasteiger partial charge on any atom is -0.356 e. The summed E-state index contributed by atoms with van der Waals surface area (Å²) in [6.07, 6.45) is -1.54. The van der Waals surface area contributed by atoms with Crippen LogP contribution in [0.25, 0.3) is 0 Å². The van der Waals surface area contributed by atoms with Crippen molar-refractivity contribution in [3.05, 3.63) is 23.3 Å². The van der Waals surface area contributed by atoms with Crippen molar-refractivity contribution in [2.24, 2.45) is 0 Å². The second-order valence-electron chi connectivity index (χ2n) is 2.28. The molecule has 1 unspecified atom stereocenters. The third kappa shape index (κ3) is 1.22. The van der Waals surface area contributed by atoms with Gasteiger partial charge in [0, 0.05) is 0 Å². The van der Waals surface area contributed by atoms with E-state index in [0.29, 0.717) is 0 Å². The summed E-state index contributed by atoms with van der Waals surface area (Å²) in [7, 11) is 0. The van der Waals surface area contributed by atoms with Gasteiger partial charge in [-0.3, -0.25) is 0 Å². The van der Waals surface area contributed by atoms with E-state index in [4.69, 9.17) is 5.11 Å². The monoisotopic (exact) mass is 186 g/mol. The average Bonchev–Trinajstić information content (AvgIpc) is 1.97. The molecule has 1 aliphatic rings. The maximum absolute atomic E-state index is 12.4. The number of allylic oxidation sites excluding steroid dienone is 2. The summed E-state index contributed by atoms with van der Waals surface area (Å²) in [5.41, 5.74) is 0. The van der Waals surface area contributed by atoms with E-state index >= 15 is 0 Å². The lowest BCUT2D eigenvalue weighted by Crippen LogP contribution is -2.27. The lowest BCUT2D eigenvalue weighted by Gasteiger charge is -2.19. The van der Waals surface area contributed by atoms with Gasteiger partial charge in [0.25, 0.3) is 5.85 Å². The molecule has 0 bridgehead atoms. The largest absolute Gasteiger partial charge is 0.356 e. The van der Waals surface area contributed by atoms with Gasteiger partial charge in [0.1, 0.15) is 5.83 Å². The second kappa shape index (κ2) is 2.55. The van der Waals surface area contributed by atoms with Crippen molar-refractivity contribution in [3.63, 3.8) is 0 Å². The van der Waals surface area contributed by atoms with Crippen molar-refractivity contribution >= 4 is 0 Å². The van der Waals surface area contributed by atoms with Gasteiger partial charge in [0.2, 0.25) is 5.83 Å². The van der Waals surface area contributed by atoms with Crippen LogP contribution in [0.4, 0.5) is 22.0 Å². The number of hydrogen-bond donors (Lipinski definition) is 1. The standard InChI is InChI=1S/C6H3F5O/c7-2-1-6(11,12)5(10)4(9)3(2)8/h12H,1H2. The maximum Gasteiger partial charge on any atom is 0.268 e. The van der Waals surface area contributed by atoms with Crippen LogP contribution in [0.1, 0.15) is 6.42 Å². The van der Waals surface area contributed by atoms with Gasteiger partial charge in [-0.05, 0) is 0 Å². The molecular formula is C6H3F5O. The average molecular weight is 186 g/mol. The fraction of sp³-hybridized carbons (Fsp3) is 0.333. The lowest BCUT2D eigenvalue weighted by atomic mass is 10.1. The molecule has 1 atom stereocenters. The van der Waals surface area contributed by atoms with Gasteiger partial charge < -0.3 is 5.11 Å². The fourth-order valence-corrected chi connectivity index (χ4v) is 0.744. The van der Waals surface area contributed by atoms with Crippen LogP contribution in [0.3, 0.4) is 0 Å². The number of aliphatic hydroxyl groups is 1. The Bertz CT molecular complexity index is 278. The van der Waals surface area contributed by atoms with Crippen molar-refractivity contribution in [1.29, 1.82) is 0 Å². The molecule has 0 heterocycles. The van der Waals surface area contributed by atoms with Crippen LogP contribution in [0, 0.1) is 0 Å². The van der Waals surface area contributed by atoms with Gasteiger partial charge in [0.15, 0.2) is 11.7 Å². The van der Waals surface area contributed by atoms with E-state index in [1.165, 1.54) is 0 Å². The molecule has 0 saturated heterocycles. The van der Waals surface area contributed by atoms with Gasteiger partial charge in [-0.15, -0.1) is 0 Å². The first-order chi connectivity index (χ1) is 5.36. The molecule has 0 saturated carbocycles. The van der Waals surface area contributed by atoms with E-state index in [1.807, 2.05) is 0 Å². The third-order valence-corrected chi connectivity index (χ3v) is 1.35. The van der Waals surface area contributed by atoms with Gasteiger partial charge in [-0.2, -0.15) is 0 Å². The molecule has 1 rings (SSSR count). The first kappa shape index (κ1) is 9.18. The predicted molar refractivity (Wildman–Crippen MR) is 29.2 cm³/mol. The van der Waals surface area contributed by atoms with Crippen molar-refractivity contribution in [3.8, 4) is 0 Å². The van der Waals surface area contributed by atoms with E-state index in [9.17, 15) is 22.0 Å². The highest BCUT2D eigenvalue weighted by Crippen LogP contribution is 2.40. The van der Waals surface area contributed by atoms with Crippen LogP contribution < -0.4 is 0 Å². The molecule has 12 heavy (non-hydrogen) atoms. The Balaban J connectivity index is 3.20. The van der Waals surface area contributed by atoms with Crippen molar-refractivity contribution < 1.29 is 27.1 Å². The van der Waals surface area contributed by atoms with Crippen LogP contribution in [-0.2, 0) is 0 Å². The van der Waals surface area contributed by atoms with E-state index in [1.54, 1.807) is 0 Å². The summed E-state index contributed by atoms with van der Waals surface area (Å²) in [5, 5.41) is 8.32. The molecule has 0 aromatic heterocycles. The van der Waals surface area contributed by atoms with Crippen molar-refractivity contribution in [2.45, 2.75) is 12.3 Å². The quantitative estimate of drug-likeness (QED) is 0.575. The molecule has 0 aromatic rings. The minimum absolute atomic E-state index is 1.54.